The summed E-state index contributed by atoms with van der Waals surface area (Å²) in [6, 6.07) is 56.8. The minimum absolute atomic E-state index is 0.928. The first-order chi connectivity index (χ1) is 21.3. The van der Waals surface area contributed by atoms with Crippen LogP contribution >= 0.6 is 0 Å². The highest BCUT2D eigenvalue weighted by molar-refractivity contribution is 6.22. The van der Waals surface area contributed by atoms with Crippen LogP contribution in [0.3, 0.4) is 0 Å². The van der Waals surface area contributed by atoms with Crippen LogP contribution in [0.1, 0.15) is 0 Å². The van der Waals surface area contributed by atoms with E-state index in [4.69, 9.17) is 4.42 Å². The van der Waals surface area contributed by atoms with Crippen molar-refractivity contribution in [2.24, 2.45) is 0 Å². The van der Waals surface area contributed by atoms with Gasteiger partial charge in [0, 0.05) is 10.8 Å². The average molecular weight is 547 g/mol. The maximum absolute atomic E-state index is 6.18. The van der Waals surface area contributed by atoms with Gasteiger partial charge < -0.3 is 4.42 Å². The second-order valence-corrected chi connectivity index (χ2v) is 11.2. The molecule has 0 saturated heterocycles. The fourth-order valence-electron chi connectivity index (χ4n) is 7.00. The molecule has 0 saturated carbocycles. The lowest BCUT2D eigenvalue weighted by molar-refractivity contribution is 0.669. The van der Waals surface area contributed by atoms with Crippen LogP contribution in [0.25, 0.3) is 87.6 Å². The lowest BCUT2D eigenvalue weighted by Crippen LogP contribution is -1.90. The minimum Gasteiger partial charge on any atom is -0.456 e. The van der Waals surface area contributed by atoms with Gasteiger partial charge in [-0.1, -0.05) is 146 Å². The van der Waals surface area contributed by atoms with Gasteiger partial charge >= 0.3 is 0 Å². The number of benzene rings is 8. The van der Waals surface area contributed by atoms with E-state index in [1.807, 2.05) is 12.1 Å². The predicted molar refractivity (Wildman–Crippen MR) is 183 cm³/mol. The van der Waals surface area contributed by atoms with Crippen molar-refractivity contribution in [1.82, 2.24) is 0 Å². The second-order valence-electron chi connectivity index (χ2n) is 11.2. The largest absolute Gasteiger partial charge is 0.456 e. The van der Waals surface area contributed by atoms with Gasteiger partial charge in [0.1, 0.15) is 11.2 Å². The van der Waals surface area contributed by atoms with Crippen molar-refractivity contribution in [2.45, 2.75) is 0 Å². The van der Waals surface area contributed by atoms with Gasteiger partial charge in [-0.05, 0) is 77.8 Å². The zero-order chi connectivity index (χ0) is 28.3. The molecule has 0 aliphatic heterocycles. The normalized spacial score (nSPS) is 11.7. The Morgan fingerprint density at radius 2 is 0.791 bits per heavy atom. The Morgan fingerprint density at radius 3 is 1.44 bits per heavy atom. The number of hydrogen-bond donors (Lipinski definition) is 0. The molecule has 0 amide bonds. The number of rotatable bonds is 3. The average Bonchev–Trinajstić information content (AvgIpc) is 3.47. The van der Waals surface area contributed by atoms with Crippen molar-refractivity contribution in [3.63, 3.8) is 0 Å². The summed E-state index contributed by atoms with van der Waals surface area (Å²) in [7, 11) is 0. The maximum Gasteiger partial charge on any atom is 0.136 e. The summed E-state index contributed by atoms with van der Waals surface area (Å²) in [6.45, 7) is 0. The fourth-order valence-corrected chi connectivity index (χ4v) is 7.00. The molecule has 0 aliphatic rings. The first-order valence-electron chi connectivity index (χ1n) is 14.8. The van der Waals surface area contributed by atoms with Crippen molar-refractivity contribution in [1.29, 1.82) is 0 Å². The van der Waals surface area contributed by atoms with Crippen LogP contribution < -0.4 is 0 Å². The van der Waals surface area contributed by atoms with Crippen molar-refractivity contribution < 1.29 is 4.42 Å². The molecule has 0 N–H and O–H groups in total. The molecule has 0 radical (unpaired) electrons. The van der Waals surface area contributed by atoms with E-state index in [-0.39, 0.29) is 0 Å². The third-order valence-electron chi connectivity index (χ3n) is 8.88. The molecule has 8 aromatic carbocycles. The maximum atomic E-state index is 6.18. The van der Waals surface area contributed by atoms with Crippen molar-refractivity contribution in [3.05, 3.63) is 158 Å². The van der Waals surface area contributed by atoms with Gasteiger partial charge in [0.25, 0.3) is 0 Å². The summed E-state index contributed by atoms with van der Waals surface area (Å²) in [5.41, 5.74) is 9.33. The molecule has 1 heterocycles. The first-order valence-corrected chi connectivity index (χ1v) is 14.8. The molecule has 0 unspecified atom stereocenters. The number of para-hydroxylation sites is 1. The SMILES string of the molecule is c1ccc(-c2c3ccccc3c(-c3ccc(-c4cccc5c4ccc4oc6ccccc6c45)cc3)c3ccccc23)cc1. The third kappa shape index (κ3) is 3.65. The van der Waals surface area contributed by atoms with Crippen LogP contribution in [-0.4, -0.2) is 0 Å². The van der Waals surface area contributed by atoms with Crippen LogP contribution in [0, 0.1) is 0 Å². The van der Waals surface area contributed by atoms with Gasteiger partial charge in [-0.15, -0.1) is 0 Å². The summed E-state index contributed by atoms with van der Waals surface area (Å²) in [6.07, 6.45) is 0. The van der Waals surface area contributed by atoms with E-state index in [1.54, 1.807) is 0 Å². The van der Waals surface area contributed by atoms with Gasteiger partial charge in [-0.25, -0.2) is 0 Å². The van der Waals surface area contributed by atoms with E-state index in [0.717, 1.165) is 16.6 Å². The minimum atomic E-state index is 0.928. The molecule has 0 fully saturated rings. The highest BCUT2D eigenvalue weighted by Gasteiger charge is 2.17. The van der Waals surface area contributed by atoms with E-state index in [9.17, 15) is 0 Å². The third-order valence-corrected chi connectivity index (χ3v) is 8.88. The molecule has 0 aliphatic carbocycles. The van der Waals surface area contributed by atoms with Gasteiger partial charge in [0.2, 0.25) is 0 Å². The highest BCUT2D eigenvalue weighted by atomic mass is 16.3. The lowest BCUT2D eigenvalue weighted by atomic mass is 9.85. The smallest absolute Gasteiger partial charge is 0.136 e. The number of fused-ring (bicyclic) bond motifs is 7. The van der Waals surface area contributed by atoms with Crippen molar-refractivity contribution in [2.75, 3.05) is 0 Å². The van der Waals surface area contributed by atoms with Gasteiger partial charge in [-0.3, -0.25) is 0 Å². The molecular weight excluding hydrogens is 520 g/mol. The molecule has 1 heteroatoms. The second kappa shape index (κ2) is 9.44. The van der Waals surface area contributed by atoms with Gasteiger partial charge in [0.15, 0.2) is 0 Å². The quantitative estimate of drug-likeness (QED) is 0.201. The van der Waals surface area contributed by atoms with Crippen molar-refractivity contribution >= 4 is 54.3 Å². The molecule has 43 heavy (non-hydrogen) atoms. The van der Waals surface area contributed by atoms with Gasteiger partial charge in [0.05, 0.1) is 0 Å². The molecule has 0 bridgehead atoms. The summed E-state index contributed by atoms with van der Waals surface area (Å²) in [4.78, 5) is 0. The van der Waals surface area contributed by atoms with E-state index in [1.165, 1.54) is 71.1 Å². The lowest BCUT2D eigenvalue weighted by Gasteiger charge is -2.18. The monoisotopic (exact) mass is 546 g/mol. The Morgan fingerprint density at radius 1 is 0.279 bits per heavy atom. The molecule has 1 nitrogen and oxygen atoms in total. The molecule has 9 aromatic rings. The van der Waals surface area contributed by atoms with Crippen LogP contribution in [0.4, 0.5) is 0 Å². The fraction of sp³-hybridized carbons (Fsp3) is 0. The number of hydrogen-bond acceptors (Lipinski definition) is 1. The van der Waals surface area contributed by atoms with E-state index in [2.05, 4.69) is 146 Å². The van der Waals surface area contributed by atoms with Crippen LogP contribution in [0.15, 0.2) is 162 Å². The molecule has 9 rings (SSSR count). The molecular formula is C42H26O. The summed E-state index contributed by atoms with van der Waals surface area (Å²) < 4.78 is 6.18. The van der Waals surface area contributed by atoms with E-state index < -0.39 is 0 Å². The Bertz CT molecular complexity index is 2420. The zero-order valence-electron chi connectivity index (χ0n) is 23.4. The van der Waals surface area contributed by atoms with E-state index >= 15 is 0 Å². The standard InChI is InChI=1S/C42H26O/c1-2-11-28(12-3-1)40-33-13-4-6-15-35(33)41(36-16-7-5-14-34(36)40)29-23-21-27(22-24-29)30-18-10-19-32-31(30)25-26-39-42(32)37-17-8-9-20-38(37)43-39/h1-26H. The summed E-state index contributed by atoms with van der Waals surface area (Å²) >= 11 is 0. The van der Waals surface area contributed by atoms with Crippen LogP contribution in [0.5, 0.6) is 0 Å². The number of furan rings is 1. The van der Waals surface area contributed by atoms with Gasteiger partial charge in [-0.2, -0.15) is 0 Å². The predicted octanol–water partition coefficient (Wildman–Crippen LogP) is 12.0. The molecule has 0 atom stereocenters. The first kappa shape index (κ1) is 24.0. The Kier molecular flexibility index (Phi) is 5.27. The molecule has 0 spiro atoms. The summed E-state index contributed by atoms with van der Waals surface area (Å²) in [5, 5.41) is 9.89. The Balaban J connectivity index is 1.24. The van der Waals surface area contributed by atoms with E-state index in [0.29, 0.717) is 0 Å². The van der Waals surface area contributed by atoms with Crippen LogP contribution in [-0.2, 0) is 0 Å². The highest BCUT2D eigenvalue weighted by Crippen LogP contribution is 2.44. The zero-order valence-corrected chi connectivity index (χ0v) is 23.4. The van der Waals surface area contributed by atoms with Crippen LogP contribution in [0.2, 0.25) is 0 Å². The molecule has 1 aromatic heterocycles. The Labute approximate surface area is 249 Å². The molecule has 200 valence electrons. The Hall–Kier alpha value is -5.66. The summed E-state index contributed by atoms with van der Waals surface area (Å²) in [5.74, 6) is 0. The van der Waals surface area contributed by atoms with Crippen molar-refractivity contribution in [3.8, 4) is 33.4 Å². The topological polar surface area (TPSA) is 13.1 Å².